The second-order valence-corrected chi connectivity index (χ2v) is 5.26. The number of carboxylic acid groups (broad SMARTS) is 1. The smallest absolute Gasteiger partial charge is 0.305 e. The third-order valence-electron chi connectivity index (χ3n) is 2.56. The first-order valence-electron chi connectivity index (χ1n) is 5.34. The third-order valence-corrected chi connectivity index (χ3v) is 3.50. The number of rotatable bonds is 5. The molecule has 16 heavy (non-hydrogen) atoms. The Morgan fingerprint density at radius 3 is 2.69 bits per heavy atom. The van der Waals surface area contributed by atoms with Gasteiger partial charge in [0.15, 0.2) is 0 Å². The molecule has 6 heteroatoms. The highest BCUT2D eigenvalue weighted by molar-refractivity contribution is 7.99. The molecule has 0 aromatic rings. The van der Waals surface area contributed by atoms with Crippen LogP contribution in [0.15, 0.2) is 0 Å². The monoisotopic (exact) mass is 246 g/mol. The molecule has 5 nitrogen and oxygen atoms in total. The van der Waals surface area contributed by atoms with Crippen molar-refractivity contribution in [3.05, 3.63) is 0 Å². The van der Waals surface area contributed by atoms with E-state index in [2.05, 4.69) is 10.6 Å². The SMILES string of the molecule is CC(C)C(CC(=O)O)NC(=O)C1CSCN1. The van der Waals surface area contributed by atoms with Gasteiger partial charge >= 0.3 is 5.97 Å². The van der Waals surface area contributed by atoms with Gasteiger partial charge in [0.1, 0.15) is 0 Å². The summed E-state index contributed by atoms with van der Waals surface area (Å²) in [5.41, 5.74) is 0. The summed E-state index contributed by atoms with van der Waals surface area (Å²) < 4.78 is 0. The lowest BCUT2D eigenvalue weighted by Gasteiger charge is -2.22. The number of carboxylic acids is 1. The molecule has 1 rings (SSSR count). The third kappa shape index (κ3) is 4.02. The molecule has 0 bridgehead atoms. The molecule has 0 saturated carbocycles. The van der Waals surface area contributed by atoms with Crippen LogP contribution >= 0.6 is 11.8 Å². The molecule has 2 unspecified atom stereocenters. The second kappa shape index (κ2) is 6.10. The largest absolute Gasteiger partial charge is 0.481 e. The van der Waals surface area contributed by atoms with Gasteiger partial charge in [0, 0.05) is 17.7 Å². The molecule has 2 atom stereocenters. The summed E-state index contributed by atoms with van der Waals surface area (Å²) in [5, 5.41) is 14.6. The fraction of sp³-hybridized carbons (Fsp3) is 0.800. The van der Waals surface area contributed by atoms with Gasteiger partial charge < -0.3 is 10.4 Å². The minimum absolute atomic E-state index is 0.0245. The minimum Gasteiger partial charge on any atom is -0.481 e. The van der Waals surface area contributed by atoms with E-state index in [9.17, 15) is 9.59 Å². The van der Waals surface area contributed by atoms with E-state index in [0.29, 0.717) is 0 Å². The number of hydrogen-bond donors (Lipinski definition) is 3. The van der Waals surface area contributed by atoms with E-state index in [1.54, 1.807) is 11.8 Å². The number of nitrogens with one attached hydrogen (secondary N) is 2. The molecule has 0 aliphatic carbocycles. The van der Waals surface area contributed by atoms with Crippen LogP contribution < -0.4 is 10.6 Å². The fourth-order valence-electron chi connectivity index (χ4n) is 1.49. The summed E-state index contributed by atoms with van der Waals surface area (Å²) in [6, 6.07) is -0.475. The molecule has 3 N–H and O–H groups in total. The van der Waals surface area contributed by atoms with Crippen LogP contribution in [0.4, 0.5) is 0 Å². The maximum atomic E-state index is 11.8. The summed E-state index contributed by atoms with van der Waals surface area (Å²) in [4.78, 5) is 22.4. The number of amides is 1. The zero-order valence-corrected chi connectivity index (χ0v) is 10.3. The molecule has 1 aliphatic rings. The maximum Gasteiger partial charge on any atom is 0.305 e. The Kier molecular flexibility index (Phi) is 5.08. The van der Waals surface area contributed by atoms with E-state index in [4.69, 9.17) is 5.11 Å². The van der Waals surface area contributed by atoms with Crippen molar-refractivity contribution in [1.82, 2.24) is 10.6 Å². The molecule has 0 spiro atoms. The highest BCUT2D eigenvalue weighted by atomic mass is 32.2. The lowest BCUT2D eigenvalue weighted by Crippen LogP contribution is -2.48. The predicted octanol–water partition coefficient (Wildman–Crippen LogP) is 0.264. The Morgan fingerprint density at radius 1 is 1.56 bits per heavy atom. The zero-order chi connectivity index (χ0) is 12.1. The van der Waals surface area contributed by atoms with Crippen LogP contribution in [0.1, 0.15) is 20.3 Å². The van der Waals surface area contributed by atoms with Gasteiger partial charge in [-0.2, -0.15) is 0 Å². The molecular weight excluding hydrogens is 228 g/mol. The van der Waals surface area contributed by atoms with Crippen molar-refractivity contribution in [2.24, 2.45) is 5.92 Å². The van der Waals surface area contributed by atoms with Gasteiger partial charge in [-0.1, -0.05) is 13.8 Å². The molecule has 1 fully saturated rings. The van der Waals surface area contributed by atoms with E-state index in [1.807, 2.05) is 13.8 Å². The Bertz CT molecular complexity index is 265. The predicted molar refractivity (Wildman–Crippen MR) is 63.3 cm³/mol. The molecule has 0 aromatic heterocycles. The molecule has 1 heterocycles. The quantitative estimate of drug-likeness (QED) is 0.649. The Hall–Kier alpha value is -0.750. The first kappa shape index (κ1) is 13.3. The molecule has 0 aromatic carbocycles. The van der Waals surface area contributed by atoms with Gasteiger partial charge in [0.05, 0.1) is 12.5 Å². The van der Waals surface area contributed by atoms with Crippen molar-refractivity contribution in [3.63, 3.8) is 0 Å². The maximum absolute atomic E-state index is 11.8. The minimum atomic E-state index is -0.882. The lowest BCUT2D eigenvalue weighted by molar-refractivity contribution is -0.138. The Morgan fingerprint density at radius 2 is 2.25 bits per heavy atom. The molecule has 0 radical (unpaired) electrons. The summed E-state index contributed by atoms with van der Waals surface area (Å²) in [5.74, 6) is 0.680. The number of hydrogen-bond acceptors (Lipinski definition) is 4. The molecule has 1 aliphatic heterocycles. The lowest BCUT2D eigenvalue weighted by atomic mass is 10.0. The van der Waals surface area contributed by atoms with Gasteiger partial charge in [-0.3, -0.25) is 14.9 Å². The highest BCUT2D eigenvalue weighted by Gasteiger charge is 2.26. The van der Waals surface area contributed by atoms with Gasteiger partial charge in [0.25, 0.3) is 0 Å². The molecular formula is C10H18N2O3S. The second-order valence-electron chi connectivity index (χ2n) is 4.23. The van der Waals surface area contributed by atoms with Crippen molar-refractivity contribution in [2.45, 2.75) is 32.4 Å². The van der Waals surface area contributed by atoms with Gasteiger partial charge in [-0.15, -0.1) is 11.8 Å². The van der Waals surface area contributed by atoms with E-state index in [-0.39, 0.29) is 30.3 Å². The van der Waals surface area contributed by atoms with Crippen molar-refractivity contribution < 1.29 is 14.7 Å². The summed E-state index contributed by atoms with van der Waals surface area (Å²) in [6.07, 6.45) is -0.0245. The van der Waals surface area contributed by atoms with Crippen molar-refractivity contribution in [2.75, 3.05) is 11.6 Å². The van der Waals surface area contributed by atoms with Crippen LogP contribution in [0.2, 0.25) is 0 Å². The van der Waals surface area contributed by atoms with E-state index >= 15 is 0 Å². The molecule has 92 valence electrons. The molecule has 1 amide bonds. The van der Waals surface area contributed by atoms with Crippen LogP contribution in [-0.2, 0) is 9.59 Å². The normalized spacial score (nSPS) is 22.1. The summed E-state index contributed by atoms with van der Waals surface area (Å²) in [7, 11) is 0. The number of carbonyl (C=O) groups excluding carboxylic acids is 1. The van der Waals surface area contributed by atoms with E-state index < -0.39 is 5.97 Å². The van der Waals surface area contributed by atoms with Crippen LogP contribution in [0.25, 0.3) is 0 Å². The average molecular weight is 246 g/mol. The highest BCUT2D eigenvalue weighted by Crippen LogP contribution is 2.11. The van der Waals surface area contributed by atoms with Crippen LogP contribution in [0, 0.1) is 5.92 Å². The van der Waals surface area contributed by atoms with Crippen molar-refractivity contribution >= 4 is 23.6 Å². The van der Waals surface area contributed by atoms with Crippen molar-refractivity contribution in [1.29, 1.82) is 0 Å². The summed E-state index contributed by atoms with van der Waals surface area (Å²) in [6.45, 7) is 3.81. The topological polar surface area (TPSA) is 78.4 Å². The van der Waals surface area contributed by atoms with E-state index in [1.165, 1.54) is 0 Å². The van der Waals surface area contributed by atoms with Gasteiger partial charge in [-0.05, 0) is 5.92 Å². The summed E-state index contributed by atoms with van der Waals surface area (Å²) >= 11 is 1.67. The Balaban J connectivity index is 2.46. The first-order chi connectivity index (χ1) is 7.50. The number of aliphatic carboxylic acids is 1. The number of thioether (sulfide) groups is 1. The first-order valence-corrected chi connectivity index (χ1v) is 6.49. The van der Waals surface area contributed by atoms with Crippen LogP contribution in [-0.4, -0.2) is 40.7 Å². The fourth-order valence-corrected chi connectivity index (χ4v) is 2.43. The average Bonchev–Trinajstić information content (AvgIpc) is 2.68. The zero-order valence-electron chi connectivity index (χ0n) is 9.53. The van der Waals surface area contributed by atoms with Gasteiger partial charge in [0.2, 0.25) is 5.91 Å². The van der Waals surface area contributed by atoms with Gasteiger partial charge in [-0.25, -0.2) is 0 Å². The number of carbonyl (C=O) groups is 2. The van der Waals surface area contributed by atoms with Crippen LogP contribution in [0.5, 0.6) is 0 Å². The van der Waals surface area contributed by atoms with E-state index in [0.717, 1.165) is 11.6 Å². The van der Waals surface area contributed by atoms with Crippen LogP contribution in [0.3, 0.4) is 0 Å². The standard InChI is InChI=1S/C10H18N2O3S/c1-6(2)7(3-9(13)14)12-10(15)8-4-16-5-11-8/h6-8,11H,3-5H2,1-2H3,(H,12,15)(H,13,14). The van der Waals surface area contributed by atoms with Crippen molar-refractivity contribution in [3.8, 4) is 0 Å². The molecule has 1 saturated heterocycles. The Labute approximate surface area is 99.4 Å².